The van der Waals surface area contributed by atoms with Crippen LogP contribution in [0.3, 0.4) is 0 Å². The van der Waals surface area contributed by atoms with Gasteiger partial charge in [0.2, 0.25) is 0 Å². The van der Waals surface area contributed by atoms with Crippen LogP contribution in [0.1, 0.15) is 0 Å². The number of nitrogens with one attached hydrogen (secondary N) is 3. The van der Waals surface area contributed by atoms with E-state index in [9.17, 15) is 14.4 Å². The van der Waals surface area contributed by atoms with Crippen molar-refractivity contribution in [1.82, 2.24) is 15.0 Å². The molecule has 0 bridgehead atoms. The molecule has 0 aliphatic heterocycles. The Balaban J connectivity index is 0.000000810. The van der Waals surface area contributed by atoms with Gasteiger partial charge in [-0.2, -0.15) is 0 Å². The number of hydrogen-bond donors (Lipinski definition) is 3. The second kappa shape index (κ2) is 2.81. The van der Waals surface area contributed by atoms with E-state index in [2.05, 4.69) is 0 Å². The maximum absolute atomic E-state index is 10.2. The molecule has 4 radical (unpaired) electrons. The number of rotatable bonds is 0. The van der Waals surface area contributed by atoms with Gasteiger partial charge in [-0.3, -0.25) is 15.0 Å². The molecule has 0 aliphatic carbocycles. The molecule has 3 N–H and O–H groups in total. The van der Waals surface area contributed by atoms with E-state index in [1.54, 1.807) is 15.0 Å². The minimum Gasteiger partial charge on any atom is -0.259 e. The summed E-state index contributed by atoms with van der Waals surface area (Å²) in [5.41, 5.74) is -2.41. The lowest BCUT2D eigenvalue weighted by Crippen LogP contribution is -2.34. The molecule has 6 heteroatoms. The van der Waals surface area contributed by atoms with Gasteiger partial charge in [0.15, 0.2) is 0 Å². The lowest BCUT2D eigenvalue weighted by Gasteiger charge is -1.77. The summed E-state index contributed by atoms with van der Waals surface area (Å²) in [6.07, 6.45) is 0. The fourth-order valence-electron chi connectivity index (χ4n) is 0.403. The molecule has 6 nitrogen and oxygen atoms in total. The second-order valence-corrected chi connectivity index (χ2v) is 1.36. The molecule has 1 aromatic rings. The summed E-state index contributed by atoms with van der Waals surface area (Å²) in [4.78, 5) is 35.9. The largest absolute Gasteiger partial charge is 0.330 e. The molecule has 1 heterocycles. The first kappa shape index (κ1) is 8.41. The minimum atomic E-state index is -0.802. The Bertz CT molecular complexity index is 278. The lowest BCUT2D eigenvalue weighted by molar-refractivity contribution is 0.888. The summed E-state index contributed by atoms with van der Waals surface area (Å²) in [7, 11) is 0. The van der Waals surface area contributed by atoms with Crippen molar-refractivity contribution in [3.05, 3.63) is 38.9 Å². The number of H-pyrrole nitrogens is 3. The Kier molecular flexibility index (Phi) is 2.36. The van der Waals surface area contributed by atoms with Crippen molar-refractivity contribution >= 4 is 0 Å². The third-order valence-electron chi connectivity index (χ3n) is 0.681. The van der Waals surface area contributed by atoms with Crippen molar-refractivity contribution in [2.45, 2.75) is 0 Å². The normalized spacial score (nSPS) is 8.40. The molecular weight excluding hydrogens is 138 g/mol. The molecule has 10 heavy (non-hydrogen) atoms. The predicted molar refractivity (Wildman–Crippen MR) is 31.5 cm³/mol. The van der Waals surface area contributed by atoms with Crippen molar-refractivity contribution in [3.63, 3.8) is 0 Å². The van der Waals surface area contributed by atoms with Crippen LogP contribution in [0.25, 0.3) is 0 Å². The first-order valence-electron chi connectivity index (χ1n) is 2.11. The molecule has 0 spiro atoms. The Labute approximate surface area is 54.9 Å². The van der Waals surface area contributed by atoms with Gasteiger partial charge in [-0.05, 0) is 0 Å². The van der Waals surface area contributed by atoms with Crippen molar-refractivity contribution in [1.29, 1.82) is 0 Å². The highest BCUT2D eigenvalue weighted by Gasteiger charge is 1.84. The molecular formula is C4H3N3O3. The molecule has 0 fully saturated rings. The fraction of sp³-hybridized carbons (Fsp3) is 0. The fourth-order valence-corrected chi connectivity index (χ4v) is 0.403. The maximum atomic E-state index is 10.2. The van der Waals surface area contributed by atoms with Crippen LogP contribution in [0, 0.1) is 7.43 Å². The van der Waals surface area contributed by atoms with Gasteiger partial charge in [0.25, 0.3) is 0 Å². The quantitative estimate of drug-likeness (QED) is 0.383. The summed E-state index contributed by atoms with van der Waals surface area (Å²) in [5.74, 6) is 0. The summed E-state index contributed by atoms with van der Waals surface area (Å²) in [6, 6.07) is 0. The zero-order valence-electron chi connectivity index (χ0n) is 4.72. The third kappa shape index (κ3) is 1.73. The number of aromatic amines is 3. The lowest BCUT2D eigenvalue weighted by atomic mass is 11.0. The Morgan fingerprint density at radius 3 is 1.10 bits per heavy atom. The third-order valence-corrected chi connectivity index (χ3v) is 0.681. The SMILES string of the molecule is O=c1[nH]c(=O)[nH]c(=O)[nH]1.[C]. The molecule has 0 aliphatic rings. The zero-order chi connectivity index (χ0) is 6.85. The van der Waals surface area contributed by atoms with Gasteiger partial charge in [0, 0.05) is 7.43 Å². The molecule has 0 amide bonds. The van der Waals surface area contributed by atoms with Gasteiger partial charge in [-0.25, -0.2) is 14.4 Å². The van der Waals surface area contributed by atoms with Gasteiger partial charge < -0.3 is 0 Å². The first-order chi connectivity index (χ1) is 4.18. The molecule has 0 unspecified atom stereocenters. The Hall–Kier alpha value is -1.59. The average molecular weight is 141 g/mol. The van der Waals surface area contributed by atoms with Gasteiger partial charge in [-0.1, -0.05) is 0 Å². The smallest absolute Gasteiger partial charge is 0.259 e. The van der Waals surface area contributed by atoms with Gasteiger partial charge >= 0.3 is 17.1 Å². The standard InChI is InChI=1S/C3H3N3O3.C/c7-1-4-2(8)6-3(9)5-1;/h(H3,4,5,6,7,8,9);. The molecule has 52 valence electrons. The van der Waals surface area contributed by atoms with E-state index >= 15 is 0 Å². The Morgan fingerprint density at radius 2 is 0.900 bits per heavy atom. The molecule has 0 saturated heterocycles. The molecule has 0 saturated carbocycles. The van der Waals surface area contributed by atoms with E-state index < -0.39 is 17.1 Å². The van der Waals surface area contributed by atoms with E-state index in [1.165, 1.54) is 0 Å². The predicted octanol–water partition coefficient (Wildman–Crippen LogP) is -2.17. The average Bonchev–Trinajstić information content (AvgIpc) is 1.59. The van der Waals surface area contributed by atoms with Gasteiger partial charge in [-0.15, -0.1) is 0 Å². The van der Waals surface area contributed by atoms with Crippen LogP contribution >= 0.6 is 0 Å². The Morgan fingerprint density at radius 1 is 0.700 bits per heavy atom. The molecule has 1 aromatic heterocycles. The second-order valence-electron chi connectivity index (χ2n) is 1.36. The molecule has 0 aromatic carbocycles. The summed E-state index contributed by atoms with van der Waals surface area (Å²) < 4.78 is 0. The van der Waals surface area contributed by atoms with E-state index in [0.717, 1.165) is 0 Å². The van der Waals surface area contributed by atoms with Gasteiger partial charge in [0.1, 0.15) is 0 Å². The molecule has 0 atom stereocenters. The minimum absolute atomic E-state index is 0. The topological polar surface area (TPSA) is 98.6 Å². The van der Waals surface area contributed by atoms with Crippen LogP contribution in [-0.2, 0) is 0 Å². The van der Waals surface area contributed by atoms with Crippen molar-refractivity contribution < 1.29 is 0 Å². The van der Waals surface area contributed by atoms with E-state index in [4.69, 9.17) is 0 Å². The molecule has 1 rings (SSSR count). The highest BCUT2D eigenvalue weighted by molar-refractivity contribution is 4.60. The number of hydrogen-bond acceptors (Lipinski definition) is 3. The van der Waals surface area contributed by atoms with E-state index in [-0.39, 0.29) is 7.43 Å². The highest BCUT2D eigenvalue weighted by atomic mass is 16.2. The first-order valence-corrected chi connectivity index (χ1v) is 2.11. The summed E-state index contributed by atoms with van der Waals surface area (Å²) in [6.45, 7) is 0. The van der Waals surface area contributed by atoms with E-state index in [1.807, 2.05) is 0 Å². The van der Waals surface area contributed by atoms with Gasteiger partial charge in [0.05, 0.1) is 0 Å². The maximum Gasteiger partial charge on any atom is 0.330 e. The van der Waals surface area contributed by atoms with Crippen molar-refractivity contribution in [3.8, 4) is 0 Å². The van der Waals surface area contributed by atoms with Crippen LogP contribution in [0.4, 0.5) is 0 Å². The van der Waals surface area contributed by atoms with Crippen LogP contribution in [0.15, 0.2) is 14.4 Å². The van der Waals surface area contributed by atoms with Crippen LogP contribution in [-0.4, -0.2) is 15.0 Å². The highest BCUT2D eigenvalue weighted by Crippen LogP contribution is 1.29. The zero-order valence-corrected chi connectivity index (χ0v) is 4.72. The van der Waals surface area contributed by atoms with Crippen LogP contribution in [0.2, 0.25) is 0 Å². The van der Waals surface area contributed by atoms with Crippen LogP contribution < -0.4 is 17.1 Å². The van der Waals surface area contributed by atoms with Crippen LogP contribution in [0.5, 0.6) is 0 Å². The van der Waals surface area contributed by atoms with Crippen molar-refractivity contribution in [2.24, 2.45) is 0 Å². The number of aromatic nitrogens is 3. The van der Waals surface area contributed by atoms with E-state index in [0.29, 0.717) is 0 Å². The summed E-state index contributed by atoms with van der Waals surface area (Å²) in [5, 5.41) is 0. The summed E-state index contributed by atoms with van der Waals surface area (Å²) >= 11 is 0. The monoisotopic (exact) mass is 141 g/mol. The van der Waals surface area contributed by atoms with Crippen molar-refractivity contribution in [2.75, 3.05) is 0 Å².